The van der Waals surface area contributed by atoms with Crippen molar-refractivity contribution in [3.63, 3.8) is 0 Å². The number of fused-ring (bicyclic) bond motifs is 1. The molecule has 0 N–H and O–H groups in total. The fraction of sp³-hybridized carbons (Fsp3) is 0.333. The Hall–Kier alpha value is -2.82. The fourth-order valence-corrected chi connectivity index (χ4v) is 3.80. The second-order valence-electron chi connectivity index (χ2n) is 7.56. The van der Waals surface area contributed by atoms with Gasteiger partial charge in [0.05, 0.1) is 23.0 Å². The van der Waals surface area contributed by atoms with Gasteiger partial charge in [-0.25, -0.2) is 4.98 Å². The Bertz CT molecular complexity index is 958. The summed E-state index contributed by atoms with van der Waals surface area (Å²) in [5.74, 6) is 0.793. The summed E-state index contributed by atoms with van der Waals surface area (Å²) in [6.07, 6.45) is 8.45. The van der Waals surface area contributed by atoms with Crippen molar-refractivity contribution in [1.29, 1.82) is 0 Å². The minimum Gasteiger partial charge on any atom is -0.273 e. The molecule has 2 aromatic heterocycles. The van der Waals surface area contributed by atoms with Crippen molar-refractivity contribution in [2.24, 2.45) is 11.3 Å². The monoisotopic (exact) mass is 346 g/mol. The van der Waals surface area contributed by atoms with Gasteiger partial charge in [-0.1, -0.05) is 26.0 Å². The standard InChI is InChI=1S/C21H22N4O/c1-13-6-5-7-17(23-13)15-8-9-16-18(10-15)25(20(26)21(16,3)4)19-12-22-11-14(2)24-19/h5-8,10-12,16H,9H2,1-4H3. The van der Waals surface area contributed by atoms with Gasteiger partial charge in [-0.15, -0.1) is 0 Å². The van der Waals surface area contributed by atoms with E-state index in [9.17, 15) is 4.79 Å². The van der Waals surface area contributed by atoms with Gasteiger partial charge in [0.1, 0.15) is 0 Å². The maximum atomic E-state index is 13.2. The first kappa shape index (κ1) is 16.6. The third kappa shape index (κ3) is 2.55. The highest BCUT2D eigenvalue weighted by molar-refractivity contribution is 6.04. The van der Waals surface area contributed by atoms with E-state index in [1.807, 2.05) is 45.9 Å². The molecule has 2 aliphatic rings. The molecule has 5 nitrogen and oxygen atoms in total. The molecule has 5 heteroatoms. The number of allylic oxidation sites excluding steroid dienone is 4. The van der Waals surface area contributed by atoms with Crippen molar-refractivity contribution in [1.82, 2.24) is 15.0 Å². The molecule has 0 radical (unpaired) electrons. The Morgan fingerprint density at radius 3 is 2.65 bits per heavy atom. The first-order valence-electron chi connectivity index (χ1n) is 8.87. The van der Waals surface area contributed by atoms with Crippen LogP contribution < -0.4 is 4.90 Å². The Morgan fingerprint density at radius 2 is 1.92 bits per heavy atom. The van der Waals surface area contributed by atoms with Crippen LogP contribution in [0.2, 0.25) is 0 Å². The zero-order valence-corrected chi connectivity index (χ0v) is 15.5. The van der Waals surface area contributed by atoms with E-state index in [0.717, 1.165) is 34.8 Å². The van der Waals surface area contributed by atoms with Crippen molar-refractivity contribution in [3.05, 3.63) is 65.5 Å². The SMILES string of the molecule is Cc1cccc(C2=CCC3C(=C2)N(c2cncc(C)n2)C(=O)C3(C)C)n1. The number of carbonyl (C=O) groups is 1. The number of pyridine rings is 1. The van der Waals surface area contributed by atoms with Gasteiger partial charge >= 0.3 is 0 Å². The number of rotatable bonds is 2. The Morgan fingerprint density at radius 1 is 1.12 bits per heavy atom. The van der Waals surface area contributed by atoms with Crippen molar-refractivity contribution in [3.8, 4) is 0 Å². The van der Waals surface area contributed by atoms with Crippen LogP contribution >= 0.6 is 0 Å². The van der Waals surface area contributed by atoms with Crippen LogP contribution in [-0.4, -0.2) is 20.9 Å². The van der Waals surface area contributed by atoms with E-state index in [4.69, 9.17) is 0 Å². The first-order valence-corrected chi connectivity index (χ1v) is 8.87. The highest BCUT2D eigenvalue weighted by atomic mass is 16.2. The number of hydrogen-bond acceptors (Lipinski definition) is 4. The zero-order valence-electron chi connectivity index (χ0n) is 15.5. The average molecular weight is 346 g/mol. The van der Waals surface area contributed by atoms with Crippen LogP contribution in [0.1, 0.15) is 37.4 Å². The third-order valence-corrected chi connectivity index (χ3v) is 5.27. The van der Waals surface area contributed by atoms with E-state index in [-0.39, 0.29) is 11.8 Å². The largest absolute Gasteiger partial charge is 0.273 e. The molecule has 132 valence electrons. The number of aryl methyl sites for hydroxylation is 2. The van der Waals surface area contributed by atoms with Crippen LogP contribution in [0.5, 0.6) is 0 Å². The summed E-state index contributed by atoms with van der Waals surface area (Å²) in [6.45, 7) is 7.90. The number of amides is 1. The summed E-state index contributed by atoms with van der Waals surface area (Å²) < 4.78 is 0. The maximum Gasteiger partial charge on any atom is 0.238 e. The van der Waals surface area contributed by atoms with E-state index in [1.54, 1.807) is 17.3 Å². The van der Waals surface area contributed by atoms with E-state index >= 15 is 0 Å². The Balaban J connectivity index is 1.82. The number of carbonyl (C=O) groups excluding carboxylic acids is 1. The minimum atomic E-state index is -0.473. The Kier molecular flexibility index (Phi) is 3.75. The second-order valence-corrected chi connectivity index (χ2v) is 7.56. The summed E-state index contributed by atoms with van der Waals surface area (Å²) >= 11 is 0. The third-order valence-electron chi connectivity index (χ3n) is 5.27. The predicted octanol–water partition coefficient (Wildman–Crippen LogP) is 3.85. The number of aromatic nitrogens is 3. The van der Waals surface area contributed by atoms with E-state index in [0.29, 0.717) is 5.82 Å². The zero-order chi connectivity index (χ0) is 18.5. The number of hydrogen-bond donors (Lipinski definition) is 0. The molecule has 0 bridgehead atoms. The van der Waals surface area contributed by atoms with E-state index < -0.39 is 5.41 Å². The van der Waals surface area contributed by atoms with E-state index in [2.05, 4.69) is 27.1 Å². The topological polar surface area (TPSA) is 59.0 Å². The van der Waals surface area contributed by atoms with Gasteiger partial charge in [-0.2, -0.15) is 0 Å². The normalized spacial score (nSPS) is 21.3. The fourth-order valence-electron chi connectivity index (χ4n) is 3.80. The van der Waals surface area contributed by atoms with Gasteiger partial charge in [-0.05, 0) is 44.1 Å². The molecule has 1 fully saturated rings. The van der Waals surface area contributed by atoms with Crippen LogP contribution in [0.25, 0.3) is 5.57 Å². The van der Waals surface area contributed by atoms with Crippen LogP contribution in [0.4, 0.5) is 5.82 Å². The molecule has 1 saturated heterocycles. The average Bonchev–Trinajstić information content (AvgIpc) is 2.81. The van der Waals surface area contributed by atoms with Gasteiger partial charge in [-0.3, -0.25) is 19.7 Å². The van der Waals surface area contributed by atoms with Gasteiger partial charge in [0.25, 0.3) is 0 Å². The summed E-state index contributed by atoms with van der Waals surface area (Å²) in [5.41, 5.74) is 4.27. The van der Waals surface area contributed by atoms with Gasteiger partial charge in [0.15, 0.2) is 5.82 Å². The molecule has 0 aromatic carbocycles. The van der Waals surface area contributed by atoms with Crippen LogP contribution in [0.3, 0.4) is 0 Å². The lowest BCUT2D eigenvalue weighted by atomic mass is 9.76. The molecule has 0 spiro atoms. The van der Waals surface area contributed by atoms with E-state index in [1.165, 1.54) is 0 Å². The lowest BCUT2D eigenvalue weighted by molar-refractivity contribution is -0.125. The highest BCUT2D eigenvalue weighted by Crippen LogP contribution is 2.49. The molecule has 1 aliphatic heterocycles. The van der Waals surface area contributed by atoms with Crippen molar-refractivity contribution < 1.29 is 4.79 Å². The molecule has 26 heavy (non-hydrogen) atoms. The van der Waals surface area contributed by atoms with Crippen molar-refractivity contribution in [2.75, 3.05) is 4.90 Å². The number of nitrogens with zero attached hydrogens (tertiary/aromatic N) is 4. The molecule has 3 heterocycles. The van der Waals surface area contributed by atoms with Crippen LogP contribution in [0, 0.1) is 25.2 Å². The summed E-state index contributed by atoms with van der Waals surface area (Å²) in [7, 11) is 0. The van der Waals surface area contributed by atoms with Crippen LogP contribution in [-0.2, 0) is 4.79 Å². The van der Waals surface area contributed by atoms with Gasteiger partial charge < -0.3 is 0 Å². The molecule has 2 aromatic rings. The lowest BCUT2D eigenvalue weighted by Crippen LogP contribution is -2.32. The van der Waals surface area contributed by atoms with Gasteiger partial charge in [0, 0.05) is 23.5 Å². The Labute approximate surface area is 153 Å². The highest BCUT2D eigenvalue weighted by Gasteiger charge is 2.51. The molecule has 1 unspecified atom stereocenters. The summed E-state index contributed by atoms with van der Waals surface area (Å²) in [4.78, 5) is 28.3. The quantitative estimate of drug-likeness (QED) is 0.829. The maximum absolute atomic E-state index is 13.2. The number of anilines is 1. The molecular formula is C21H22N4O. The van der Waals surface area contributed by atoms with Crippen LogP contribution in [0.15, 0.2) is 48.4 Å². The second kappa shape index (κ2) is 5.87. The first-order chi connectivity index (χ1) is 12.4. The predicted molar refractivity (Wildman–Crippen MR) is 101 cm³/mol. The van der Waals surface area contributed by atoms with Gasteiger partial charge in [0.2, 0.25) is 5.91 Å². The molecular weight excluding hydrogens is 324 g/mol. The molecule has 1 amide bonds. The molecule has 1 aliphatic carbocycles. The molecule has 4 rings (SSSR count). The summed E-state index contributed by atoms with van der Waals surface area (Å²) in [6, 6.07) is 6.01. The lowest BCUT2D eigenvalue weighted by Gasteiger charge is -2.25. The molecule has 0 saturated carbocycles. The molecule has 1 atom stereocenters. The summed E-state index contributed by atoms with van der Waals surface area (Å²) in [5, 5.41) is 0. The minimum absolute atomic E-state index is 0.0699. The van der Waals surface area contributed by atoms with Crippen molar-refractivity contribution in [2.45, 2.75) is 34.1 Å². The smallest absolute Gasteiger partial charge is 0.238 e. The van der Waals surface area contributed by atoms with Crippen molar-refractivity contribution >= 4 is 17.3 Å².